The van der Waals surface area contributed by atoms with Crippen LogP contribution in [0.2, 0.25) is 0 Å². The third-order valence-corrected chi connectivity index (χ3v) is 2.83. The molecule has 0 aromatic carbocycles. The molecule has 0 bridgehead atoms. The molecule has 1 fully saturated rings. The van der Waals surface area contributed by atoms with E-state index in [9.17, 15) is 4.79 Å². The summed E-state index contributed by atoms with van der Waals surface area (Å²) in [4.78, 5) is 14.2. The maximum Gasteiger partial charge on any atom is 0.228 e. The molecule has 0 N–H and O–H groups in total. The van der Waals surface area contributed by atoms with Crippen LogP contribution in [0.3, 0.4) is 0 Å². The second kappa shape index (κ2) is 4.97. The first-order valence-corrected chi connectivity index (χ1v) is 6.57. The quantitative estimate of drug-likeness (QED) is 0.706. The summed E-state index contributed by atoms with van der Waals surface area (Å²) in [5.74, 6) is 0.236. The van der Waals surface area contributed by atoms with Gasteiger partial charge in [-0.2, -0.15) is 0 Å². The van der Waals surface area contributed by atoms with Crippen molar-refractivity contribution in [1.82, 2.24) is 4.90 Å². The van der Waals surface area contributed by atoms with E-state index in [0.717, 1.165) is 25.9 Å². The first-order valence-electron chi connectivity index (χ1n) is 6.57. The Bertz CT molecular complexity index is 273. The molecule has 1 saturated heterocycles. The van der Waals surface area contributed by atoms with Gasteiger partial charge in [0.15, 0.2) is 0 Å². The lowest BCUT2D eigenvalue weighted by molar-refractivity contribution is -0.147. The first kappa shape index (κ1) is 14.5. The lowest BCUT2D eigenvalue weighted by Gasteiger charge is -2.38. The van der Waals surface area contributed by atoms with E-state index in [1.807, 2.05) is 25.7 Å². The molecule has 100 valence electrons. The summed E-state index contributed by atoms with van der Waals surface area (Å²) in [7, 11) is 0. The molecule has 1 atom stereocenters. The summed E-state index contributed by atoms with van der Waals surface area (Å²) in [6.45, 7) is 13.7. The molecule has 3 heteroatoms. The van der Waals surface area contributed by atoms with Crippen molar-refractivity contribution >= 4 is 5.91 Å². The Morgan fingerprint density at radius 2 is 1.76 bits per heavy atom. The van der Waals surface area contributed by atoms with Gasteiger partial charge in [0.2, 0.25) is 5.91 Å². The zero-order valence-electron chi connectivity index (χ0n) is 12.2. The van der Waals surface area contributed by atoms with Gasteiger partial charge >= 0.3 is 0 Å². The van der Waals surface area contributed by atoms with Crippen molar-refractivity contribution in [2.45, 2.75) is 66.1 Å². The van der Waals surface area contributed by atoms with E-state index in [0.29, 0.717) is 0 Å². The molecule has 0 spiro atoms. The van der Waals surface area contributed by atoms with Gasteiger partial charge < -0.3 is 9.64 Å². The Labute approximate surface area is 106 Å². The van der Waals surface area contributed by atoms with E-state index >= 15 is 0 Å². The average Bonchev–Trinajstić information content (AvgIpc) is 2.12. The molecule has 1 heterocycles. The van der Waals surface area contributed by atoms with Crippen molar-refractivity contribution in [2.24, 2.45) is 5.41 Å². The van der Waals surface area contributed by atoms with Gasteiger partial charge in [-0.05, 0) is 33.6 Å². The second-order valence-corrected chi connectivity index (χ2v) is 7.00. The third-order valence-electron chi connectivity index (χ3n) is 2.83. The number of hydrogen-bond donors (Lipinski definition) is 0. The number of ether oxygens (including phenoxy) is 1. The number of carbonyl (C=O) groups is 1. The molecule has 1 aliphatic heterocycles. The van der Waals surface area contributed by atoms with Crippen molar-refractivity contribution in [2.75, 3.05) is 13.1 Å². The van der Waals surface area contributed by atoms with Gasteiger partial charge in [-0.25, -0.2) is 0 Å². The predicted octanol–water partition coefficient (Wildman–Crippen LogP) is 2.84. The van der Waals surface area contributed by atoms with E-state index in [4.69, 9.17) is 4.74 Å². The van der Waals surface area contributed by atoms with Crippen LogP contribution in [0.4, 0.5) is 0 Å². The summed E-state index contributed by atoms with van der Waals surface area (Å²) < 4.78 is 5.98. The monoisotopic (exact) mass is 241 g/mol. The molecular weight excluding hydrogens is 214 g/mol. The van der Waals surface area contributed by atoms with E-state index < -0.39 is 0 Å². The summed E-state index contributed by atoms with van der Waals surface area (Å²) in [5, 5.41) is 0. The fourth-order valence-corrected chi connectivity index (χ4v) is 2.19. The van der Waals surface area contributed by atoms with Gasteiger partial charge in [0, 0.05) is 18.5 Å². The Kier molecular flexibility index (Phi) is 4.23. The van der Waals surface area contributed by atoms with Gasteiger partial charge in [0.05, 0.1) is 11.7 Å². The fourth-order valence-electron chi connectivity index (χ4n) is 2.19. The Hall–Kier alpha value is -0.570. The number of amides is 1. The zero-order valence-corrected chi connectivity index (χ0v) is 12.2. The molecule has 0 radical (unpaired) electrons. The third kappa shape index (κ3) is 4.66. The minimum Gasteiger partial charge on any atom is -0.371 e. The molecule has 0 aliphatic carbocycles. The van der Waals surface area contributed by atoms with Crippen LogP contribution in [0.15, 0.2) is 0 Å². The summed E-state index contributed by atoms with van der Waals surface area (Å²) >= 11 is 0. The van der Waals surface area contributed by atoms with Crippen LogP contribution in [0.5, 0.6) is 0 Å². The van der Waals surface area contributed by atoms with Crippen molar-refractivity contribution in [1.29, 1.82) is 0 Å². The second-order valence-electron chi connectivity index (χ2n) is 7.00. The zero-order chi connectivity index (χ0) is 13.3. The minimum absolute atomic E-state index is 0.127. The maximum absolute atomic E-state index is 12.2. The number of nitrogens with zero attached hydrogens (tertiary/aromatic N) is 1. The Morgan fingerprint density at radius 1 is 1.18 bits per heavy atom. The normalized spacial score (nSPS) is 22.7. The number of rotatable bonds is 1. The predicted molar refractivity (Wildman–Crippen MR) is 69.9 cm³/mol. The summed E-state index contributed by atoms with van der Waals surface area (Å²) in [6.07, 6.45) is 2.29. The molecule has 1 rings (SSSR count). The van der Waals surface area contributed by atoms with Crippen molar-refractivity contribution in [3.63, 3.8) is 0 Å². The standard InChI is InChI=1S/C14H27NO2/c1-13(2,3)12(16)15-9-7-8-11(10-15)17-14(4,5)6/h11H,7-10H2,1-6H3. The van der Waals surface area contributed by atoms with Crippen molar-refractivity contribution in [3.8, 4) is 0 Å². The highest BCUT2D eigenvalue weighted by molar-refractivity contribution is 5.81. The largest absolute Gasteiger partial charge is 0.371 e. The van der Waals surface area contributed by atoms with E-state index in [1.54, 1.807) is 0 Å². The topological polar surface area (TPSA) is 29.5 Å². The number of carbonyl (C=O) groups excluding carboxylic acids is 1. The van der Waals surface area contributed by atoms with E-state index in [1.165, 1.54) is 0 Å². The molecule has 0 saturated carbocycles. The van der Waals surface area contributed by atoms with Crippen LogP contribution in [-0.4, -0.2) is 35.6 Å². The molecule has 1 amide bonds. The molecule has 0 aromatic heterocycles. The van der Waals surface area contributed by atoms with Gasteiger partial charge in [-0.1, -0.05) is 20.8 Å². The van der Waals surface area contributed by atoms with Crippen LogP contribution in [0.25, 0.3) is 0 Å². The molecular formula is C14H27NO2. The number of piperidine rings is 1. The number of likely N-dealkylation sites (tertiary alicyclic amines) is 1. The Morgan fingerprint density at radius 3 is 2.24 bits per heavy atom. The molecule has 3 nitrogen and oxygen atoms in total. The van der Waals surface area contributed by atoms with Gasteiger partial charge in [-0.3, -0.25) is 4.79 Å². The summed E-state index contributed by atoms with van der Waals surface area (Å²) in [6, 6.07) is 0. The SMILES string of the molecule is CC(C)(C)OC1CCCN(C(=O)C(C)(C)C)C1. The van der Waals surface area contributed by atoms with Gasteiger partial charge in [0.1, 0.15) is 0 Å². The van der Waals surface area contributed by atoms with Crippen molar-refractivity contribution in [3.05, 3.63) is 0 Å². The smallest absolute Gasteiger partial charge is 0.228 e. The molecule has 17 heavy (non-hydrogen) atoms. The van der Waals surface area contributed by atoms with Gasteiger partial charge in [0.25, 0.3) is 0 Å². The highest BCUT2D eigenvalue weighted by Gasteiger charge is 2.32. The fraction of sp³-hybridized carbons (Fsp3) is 0.929. The molecule has 0 aromatic rings. The lowest BCUT2D eigenvalue weighted by Crippen LogP contribution is -2.48. The molecule has 1 aliphatic rings. The van der Waals surface area contributed by atoms with Crippen LogP contribution in [0.1, 0.15) is 54.4 Å². The van der Waals surface area contributed by atoms with E-state index in [2.05, 4.69) is 20.8 Å². The average molecular weight is 241 g/mol. The van der Waals surface area contributed by atoms with Crippen molar-refractivity contribution < 1.29 is 9.53 Å². The lowest BCUT2D eigenvalue weighted by atomic mass is 9.93. The highest BCUT2D eigenvalue weighted by Crippen LogP contribution is 2.24. The van der Waals surface area contributed by atoms with Crippen LogP contribution >= 0.6 is 0 Å². The maximum atomic E-state index is 12.2. The minimum atomic E-state index is -0.288. The Balaban J connectivity index is 2.58. The first-order chi connectivity index (χ1) is 7.59. The van der Waals surface area contributed by atoms with E-state index in [-0.39, 0.29) is 23.0 Å². The van der Waals surface area contributed by atoms with Crippen LogP contribution in [0, 0.1) is 5.41 Å². The van der Waals surface area contributed by atoms with Crippen LogP contribution in [-0.2, 0) is 9.53 Å². The molecule has 1 unspecified atom stereocenters. The number of hydrogen-bond acceptors (Lipinski definition) is 2. The summed E-state index contributed by atoms with van der Waals surface area (Å²) in [5.41, 5.74) is -0.415. The highest BCUT2D eigenvalue weighted by atomic mass is 16.5. The van der Waals surface area contributed by atoms with Crippen LogP contribution < -0.4 is 0 Å². The van der Waals surface area contributed by atoms with Gasteiger partial charge in [-0.15, -0.1) is 0 Å².